The smallest absolute Gasteiger partial charge is 0.412 e. The molecule has 6 heteroatoms. The molecule has 1 N–H and O–H groups in total. The first kappa shape index (κ1) is 16.1. The van der Waals surface area contributed by atoms with Crippen molar-refractivity contribution < 1.29 is 23.1 Å². The second-order valence-corrected chi connectivity index (χ2v) is 5.43. The Labute approximate surface area is 116 Å². The lowest BCUT2D eigenvalue weighted by Crippen LogP contribution is -2.27. The van der Waals surface area contributed by atoms with Gasteiger partial charge in [-0.1, -0.05) is 12.1 Å². The summed E-state index contributed by atoms with van der Waals surface area (Å²) in [6.07, 6.45) is -0.717. The molecular formula is C14H17F2NO3. The molecule has 0 aromatic heterocycles. The monoisotopic (exact) mass is 285 g/mol. The molecule has 0 aliphatic rings. The topological polar surface area (TPSA) is 55.4 Å². The minimum Gasteiger partial charge on any atom is -0.444 e. The van der Waals surface area contributed by atoms with E-state index in [1.165, 1.54) is 24.3 Å². The van der Waals surface area contributed by atoms with Crippen LogP contribution in [0.3, 0.4) is 0 Å². The summed E-state index contributed by atoms with van der Waals surface area (Å²) >= 11 is 0. The van der Waals surface area contributed by atoms with Crippen molar-refractivity contribution in [2.24, 2.45) is 0 Å². The van der Waals surface area contributed by atoms with E-state index in [1.807, 2.05) is 0 Å². The Balaban J connectivity index is 2.84. The minimum absolute atomic E-state index is 0.175. The van der Waals surface area contributed by atoms with Gasteiger partial charge in [0.2, 0.25) is 5.78 Å². The van der Waals surface area contributed by atoms with Gasteiger partial charge in [0.1, 0.15) is 5.60 Å². The number of amides is 1. The molecule has 0 bridgehead atoms. The van der Waals surface area contributed by atoms with Crippen LogP contribution in [0.25, 0.3) is 0 Å². The number of carbonyl (C=O) groups excluding carboxylic acids is 2. The van der Waals surface area contributed by atoms with Gasteiger partial charge in [0.15, 0.2) is 0 Å². The Morgan fingerprint density at radius 3 is 2.25 bits per heavy atom. The summed E-state index contributed by atoms with van der Waals surface area (Å²) in [5.74, 6) is -4.75. The number of carbonyl (C=O) groups is 2. The molecule has 0 fully saturated rings. The van der Waals surface area contributed by atoms with Gasteiger partial charge in [0, 0.05) is 18.2 Å². The zero-order valence-corrected chi connectivity index (χ0v) is 11.8. The quantitative estimate of drug-likeness (QED) is 0.858. The molecular weight excluding hydrogens is 268 g/mol. The van der Waals surface area contributed by atoms with E-state index >= 15 is 0 Å². The molecule has 0 saturated carbocycles. The Bertz CT molecular complexity index is 516. The minimum atomic E-state index is -3.45. The highest BCUT2D eigenvalue weighted by atomic mass is 19.3. The molecule has 1 amide bonds. The van der Waals surface area contributed by atoms with Gasteiger partial charge in [-0.2, -0.15) is 8.78 Å². The fraction of sp³-hybridized carbons (Fsp3) is 0.429. The number of hydrogen-bond acceptors (Lipinski definition) is 3. The Morgan fingerprint density at radius 1 is 1.15 bits per heavy atom. The number of ketones is 1. The summed E-state index contributed by atoms with van der Waals surface area (Å²) in [6, 6.07) is 5.34. The molecule has 0 saturated heterocycles. The summed E-state index contributed by atoms with van der Waals surface area (Å²) < 4.78 is 30.9. The Hall–Kier alpha value is -1.98. The first-order valence-corrected chi connectivity index (χ1v) is 6.02. The lowest BCUT2D eigenvalue weighted by Gasteiger charge is -2.19. The van der Waals surface area contributed by atoms with E-state index in [9.17, 15) is 18.4 Å². The van der Waals surface area contributed by atoms with E-state index in [1.54, 1.807) is 20.8 Å². The van der Waals surface area contributed by atoms with Crippen LogP contribution in [-0.2, 0) is 4.74 Å². The van der Waals surface area contributed by atoms with Gasteiger partial charge in [0.25, 0.3) is 0 Å². The van der Waals surface area contributed by atoms with Gasteiger partial charge in [-0.25, -0.2) is 4.79 Å². The molecule has 110 valence electrons. The van der Waals surface area contributed by atoms with Crippen LogP contribution in [-0.4, -0.2) is 23.4 Å². The number of hydrogen-bond donors (Lipinski definition) is 1. The zero-order valence-electron chi connectivity index (χ0n) is 11.8. The second kappa shape index (κ2) is 5.56. The van der Waals surface area contributed by atoms with E-state index in [-0.39, 0.29) is 11.3 Å². The van der Waals surface area contributed by atoms with Crippen molar-refractivity contribution in [1.29, 1.82) is 0 Å². The van der Waals surface area contributed by atoms with Crippen molar-refractivity contribution in [2.45, 2.75) is 39.2 Å². The molecule has 0 radical (unpaired) electrons. The lowest BCUT2D eigenvalue weighted by molar-refractivity contribution is 0.0221. The highest BCUT2D eigenvalue weighted by Gasteiger charge is 2.33. The third-order valence-electron chi connectivity index (χ3n) is 2.17. The maximum Gasteiger partial charge on any atom is 0.412 e. The number of rotatable bonds is 3. The van der Waals surface area contributed by atoms with Crippen molar-refractivity contribution in [3.63, 3.8) is 0 Å². The number of nitrogens with one attached hydrogen (secondary N) is 1. The van der Waals surface area contributed by atoms with Crippen LogP contribution in [0, 0.1) is 0 Å². The maximum atomic E-state index is 13.0. The predicted molar refractivity (Wildman–Crippen MR) is 71.3 cm³/mol. The first-order chi connectivity index (χ1) is 8.99. The van der Waals surface area contributed by atoms with Crippen molar-refractivity contribution in [3.05, 3.63) is 29.8 Å². The average Bonchev–Trinajstić information content (AvgIpc) is 2.24. The van der Waals surface area contributed by atoms with E-state index in [0.717, 1.165) is 0 Å². The molecule has 1 aromatic carbocycles. The summed E-state index contributed by atoms with van der Waals surface area (Å²) in [7, 11) is 0. The molecule has 1 aromatic rings. The Kier molecular flexibility index (Phi) is 4.47. The number of anilines is 1. The van der Waals surface area contributed by atoms with Gasteiger partial charge in [-0.15, -0.1) is 0 Å². The number of ether oxygens (including phenoxy) is 1. The van der Waals surface area contributed by atoms with Crippen LogP contribution in [0.15, 0.2) is 24.3 Å². The fourth-order valence-corrected chi connectivity index (χ4v) is 1.41. The van der Waals surface area contributed by atoms with Crippen LogP contribution in [0.2, 0.25) is 0 Å². The average molecular weight is 285 g/mol. The Morgan fingerprint density at radius 2 is 1.75 bits per heavy atom. The highest BCUT2D eigenvalue weighted by Crippen LogP contribution is 2.21. The van der Waals surface area contributed by atoms with Crippen molar-refractivity contribution in [1.82, 2.24) is 0 Å². The molecule has 0 unspecified atom stereocenters. The number of halogens is 2. The molecule has 0 aliphatic carbocycles. The van der Waals surface area contributed by atoms with Gasteiger partial charge < -0.3 is 4.74 Å². The SMILES string of the molecule is CC(C)(C)OC(=O)Nc1cccc(C(=O)C(C)(F)F)c1. The van der Waals surface area contributed by atoms with E-state index in [4.69, 9.17) is 4.74 Å². The van der Waals surface area contributed by atoms with Crippen LogP contribution in [0.4, 0.5) is 19.3 Å². The van der Waals surface area contributed by atoms with Gasteiger partial charge in [0.05, 0.1) is 0 Å². The lowest BCUT2D eigenvalue weighted by atomic mass is 10.1. The van der Waals surface area contributed by atoms with Crippen molar-refractivity contribution in [2.75, 3.05) is 5.32 Å². The fourth-order valence-electron chi connectivity index (χ4n) is 1.41. The molecule has 0 spiro atoms. The van der Waals surface area contributed by atoms with E-state index in [0.29, 0.717) is 6.92 Å². The summed E-state index contributed by atoms with van der Waals surface area (Å²) in [5, 5.41) is 2.39. The summed E-state index contributed by atoms with van der Waals surface area (Å²) in [4.78, 5) is 23.0. The molecule has 0 atom stereocenters. The first-order valence-electron chi connectivity index (χ1n) is 6.02. The highest BCUT2D eigenvalue weighted by molar-refractivity contribution is 6.02. The predicted octanol–water partition coefficient (Wildman–Crippen LogP) is 3.87. The van der Waals surface area contributed by atoms with E-state index < -0.39 is 23.4 Å². The molecule has 0 heterocycles. The number of alkyl halides is 2. The molecule has 20 heavy (non-hydrogen) atoms. The molecule has 4 nitrogen and oxygen atoms in total. The maximum absolute atomic E-state index is 13.0. The van der Waals surface area contributed by atoms with Crippen molar-refractivity contribution in [3.8, 4) is 0 Å². The van der Waals surface area contributed by atoms with Crippen molar-refractivity contribution >= 4 is 17.6 Å². The largest absolute Gasteiger partial charge is 0.444 e. The second-order valence-electron chi connectivity index (χ2n) is 5.43. The van der Waals surface area contributed by atoms with E-state index in [2.05, 4.69) is 5.32 Å². The van der Waals surface area contributed by atoms with Gasteiger partial charge in [-0.05, 0) is 32.9 Å². The standard InChI is InChI=1S/C14H17F2NO3/c1-13(2,3)20-12(19)17-10-7-5-6-9(8-10)11(18)14(4,15)16/h5-8H,1-4H3,(H,17,19). The van der Waals surface area contributed by atoms with Crippen LogP contribution >= 0.6 is 0 Å². The number of benzene rings is 1. The zero-order chi connectivity index (χ0) is 15.6. The van der Waals surface area contributed by atoms with Crippen LogP contribution < -0.4 is 5.32 Å². The van der Waals surface area contributed by atoms with Gasteiger partial charge >= 0.3 is 12.0 Å². The third-order valence-corrected chi connectivity index (χ3v) is 2.17. The molecule has 0 aliphatic heterocycles. The number of Topliss-reactive ketones (excluding diaryl/α,β-unsaturated/α-hetero) is 1. The van der Waals surface area contributed by atoms with Gasteiger partial charge in [-0.3, -0.25) is 10.1 Å². The third kappa shape index (κ3) is 4.95. The summed E-state index contributed by atoms with van der Waals surface area (Å²) in [6.45, 7) is 5.63. The molecule has 1 rings (SSSR count). The van der Waals surface area contributed by atoms with Crippen LogP contribution in [0.5, 0.6) is 0 Å². The van der Waals surface area contributed by atoms with Crippen LogP contribution in [0.1, 0.15) is 38.1 Å². The normalized spacial score (nSPS) is 11.9. The summed E-state index contributed by atoms with van der Waals surface area (Å²) in [5.41, 5.74) is -0.631.